The van der Waals surface area contributed by atoms with Crippen molar-refractivity contribution in [2.24, 2.45) is 0 Å². The summed E-state index contributed by atoms with van der Waals surface area (Å²) in [5.41, 5.74) is 0. The Balaban J connectivity index is 2.38. The molecule has 0 bridgehead atoms. The molecule has 0 saturated heterocycles. The first kappa shape index (κ1) is 4.20. The summed E-state index contributed by atoms with van der Waals surface area (Å²) in [6.07, 6.45) is 6.24. The summed E-state index contributed by atoms with van der Waals surface area (Å²) in [7, 11) is 0. The molecule has 0 fully saturated rings. The van der Waals surface area contributed by atoms with Crippen LogP contribution in [0.15, 0.2) is 12.2 Å². The first-order chi connectivity index (χ1) is 2.89. The highest BCUT2D eigenvalue weighted by Gasteiger charge is 2.02. The highest BCUT2D eigenvalue weighted by molar-refractivity contribution is 6.28. The van der Waals surface area contributed by atoms with E-state index in [1.807, 2.05) is 6.08 Å². The first-order valence-electron chi connectivity index (χ1n) is 2.07. The van der Waals surface area contributed by atoms with Gasteiger partial charge in [0, 0.05) is 0 Å². The van der Waals surface area contributed by atoms with Crippen molar-refractivity contribution in [3.8, 4) is 0 Å². The minimum Gasteiger partial charge on any atom is -0.112 e. The van der Waals surface area contributed by atoms with Crippen LogP contribution in [0.1, 0.15) is 12.8 Å². The van der Waals surface area contributed by atoms with Crippen LogP contribution in [-0.4, -0.2) is 0 Å². The van der Waals surface area contributed by atoms with Crippen molar-refractivity contribution < 1.29 is 0 Å². The van der Waals surface area contributed by atoms with Crippen LogP contribution in [0.25, 0.3) is 0 Å². The molecule has 0 N–H and O–H groups in total. The normalized spacial score (nSPS) is 22.8. The largest absolute Gasteiger partial charge is 0.112 e. The molecule has 0 unspecified atom stereocenters. The Morgan fingerprint density at radius 2 is 2.50 bits per heavy atom. The molecule has 0 spiro atoms. The number of allylic oxidation sites excluding steroid dienone is 2. The Labute approximate surface area is 42.8 Å². The summed E-state index contributed by atoms with van der Waals surface area (Å²) in [5, 5.41) is 0.995. The third-order valence-corrected chi connectivity index (χ3v) is 1.16. The third kappa shape index (κ3) is 0.749. The smallest absolute Gasteiger partial charge is 0.0855 e. The van der Waals surface area contributed by atoms with Crippen LogP contribution in [-0.2, 0) is 0 Å². The second-order valence-electron chi connectivity index (χ2n) is 1.39. The summed E-state index contributed by atoms with van der Waals surface area (Å²) in [6.45, 7) is 0. The molecule has 0 amide bonds. The molecule has 0 aromatic heterocycles. The summed E-state index contributed by atoms with van der Waals surface area (Å²) in [4.78, 5) is 0. The Morgan fingerprint density at radius 3 is 2.67 bits per heavy atom. The highest BCUT2D eigenvalue weighted by Crippen LogP contribution is 2.21. The van der Waals surface area contributed by atoms with Gasteiger partial charge in [0.2, 0.25) is 0 Å². The number of halogens is 1. The van der Waals surface area contributed by atoms with Crippen molar-refractivity contribution in [1.82, 2.24) is 0 Å². The Hall–Kier alpha value is 0.0300. The average Bonchev–Trinajstić information content (AvgIpc) is 1.86. The van der Waals surface area contributed by atoms with E-state index in [1.165, 1.54) is 0 Å². The van der Waals surface area contributed by atoms with Crippen LogP contribution in [0.2, 0.25) is 0 Å². The third-order valence-electron chi connectivity index (χ3n) is 0.849. The molecule has 6 heavy (non-hydrogen) atoms. The van der Waals surface area contributed by atoms with E-state index in [1.54, 1.807) is 0 Å². The van der Waals surface area contributed by atoms with Gasteiger partial charge < -0.3 is 0 Å². The Morgan fingerprint density at radius 1 is 1.67 bits per heavy atom. The van der Waals surface area contributed by atoms with E-state index in [0.29, 0.717) is 0 Å². The molecular weight excluding hydrogens is 95.5 g/mol. The fourth-order valence-electron chi connectivity index (χ4n) is 0.516. The molecule has 33 valence electrons. The molecule has 1 heteroatoms. The lowest BCUT2D eigenvalue weighted by Gasteiger charge is -1.84. The van der Waals surface area contributed by atoms with Gasteiger partial charge in [-0.3, -0.25) is 0 Å². The first-order valence-corrected chi connectivity index (χ1v) is 2.45. The van der Waals surface area contributed by atoms with Crippen LogP contribution >= 0.6 is 11.6 Å². The van der Waals surface area contributed by atoms with Gasteiger partial charge in [0.25, 0.3) is 0 Å². The molecule has 0 aliphatic heterocycles. The maximum absolute atomic E-state index is 5.54. The van der Waals surface area contributed by atoms with Gasteiger partial charge >= 0.3 is 0 Å². The van der Waals surface area contributed by atoms with Crippen LogP contribution in [0, 0.1) is 5.38 Å². The van der Waals surface area contributed by atoms with Gasteiger partial charge in [0.05, 0.1) is 5.38 Å². The number of hydrogen-bond donors (Lipinski definition) is 0. The zero-order valence-electron chi connectivity index (χ0n) is 3.45. The Kier molecular flexibility index (Phi) is 1.16. The van der Waals surface area contributed by atoms with Gasteiger partial charge in [-0.25, -0.2) is 0 Å². The average molecular weight is 102 g/mol. The molecule has 0 saturated carbocycles. The Bertz CT molecular complexity index is 66.3. The molecule has 1 aliphatic rings. The summed E-state index contributed by atoms with van der Waals surface area (Å²) in [6, 6.07) is 0. The van der Waals surface area contributed by atoms with Crippen molar-refractivity contribution in [2.75, 3.05) is 0 Å². The van der Waals surface area contributed by atoms with E-state index in [4.69, 9.17) is 11.6 Å². The fraction of sp³-hybridized carbons (Fsp3) is 0.400. The SMILES string of the molecule is Cl[C]1C=CCC1. The predicted molar refractivity (Wildman–Crippen MR) is 27.5 cm³/mol. The summed E-state index contributed by atoms with van der Waals surface area (Å²) >= 11 is 5.54. The number of rotatable bonds is 0. The molecule has 0 aromatic carbocycles. The molecular formula is C5H6Cl. The standard InChI is InChI=1S/C5H6Cl/c6-5-3-1-2-4-5/h1,3H,2,4H2. The quantitative estimate of drug-likeness (QED) is 0.438. The predicted octanol–water partition coefficient (Wildman–Crippen LogP) is 2.11. The molecule has 1 aliphatic carbocycles. The van der Waals surface area contributed by atoms with Crippen LogP contribution < -0.4 is 0 Å². The van der Waals surface area contributed by atoms with Gasteiger partial charge in [-0.1, -0.05) is 12.2 Å². The van der Waals surface area contributed by atoms with Crippen LogP contribution in [0.3, 0.4) is 0 Å². The lowest BCUT2D eigenvalue weighted by molar-refractivity contribution is 1.03. The minimum atomic E-state index is 0.995. The monoisotopic (exact) mass is 101 g/mol. The molecule has 0 heterocycles. The van der Waals surface area contributed by atoms with Crippen molar-refractivity contribution in [3.05, 3.63) is 17.5 Å². The molecule has 1 radical (unpaired) electrons. The minimum absolute atomic E-state index is 0.995. The maximum atomic E-state index is 5.54. The van der Waals surface area contributed by atoms with Gasteiger partial charge in [0.1, 0.15) is 0 Å². The van der Waals surface area contributed by atoms with Crippen molar-refractivity contribution in [2.45, 2.75) is 12.8 Å². The lowest BCUT2D eigenvalue weighted by atomic mass is 10.4. The molecule has 0 aromatic rings. The fourth-order valence-corrected chi connectivity index (χ4v) is 0.714. The zero-order chi connectivity index (χ0) is 4.41. The van der Waals surface area contributed by atoms with E-state index >= 15 is 0 Å². The maximum Gasteiger partial charge on any atom is 0.0855 e. The second-order valence-corrected chi connectivity index (χ2v) is 1.87. The van der Waals surface area contributed by atoms with E-state index in [2.05, 4.69) is 6.08 Å². The second kappa shape index (κ2) is 1.65. The molecule has 0 nitrogen and oxygen atoms in total. The highest BCUT2D eigenvalue weighted by atomic mass is 35.5. The van der Waals surface area contributed by atoms with E-state index < -0.39 is 0 Å². The van der Waals surface area contributed by atoms with Crippen LogP contribution in [0.5, 0.6) is 0 Å². The lowest BCUT2D eigenvalue weighted by Crippen LogP contribution is -1.68. The van der Waals surface area contributed by atoms with E-state index in [-0.39, 0.29) is 0 Å². The number of hydrogen-bond acceptors (Lipinski definition) is 0. The molecule has 0 atom stereocenters. The van der Waals surface area contributed by atoms with Gasteiger partial charge in [-0.2, -0.15) is 0 Å². The topological polar surface area (TPSA) is 0 Å². The van der Waals surface area contributed by atoms with Crippen molar-refractivity contribution in [1.29, 1.82) is 0 Å². The van der Waals surface area contributed by atoms with Gasteiger partial charge in [-0.05, 0) is 12.8 Å². The molecule has 1 rings (SSSR count). The van der Waals surface area contributed by atoms with E-state index in [0.717, 1.165) is 18.2 Å². The van der Waals surface area contributed by atoms with Gasteiger partial charge in [-0.15, -0.1) is 11.6 Å². The van der Waals surface area contributed by atoms with Crippen LogP contribution in [0.4, 0.5) is 0 Å². The van der Waals surface area contributed by atoms with Gasteiger partial charge in [0.15, 0.2) is 0 Å². The summed E-state index contributed by atoms with van der Waals surface area (Å²) in [5.74, 6) is 0. The van der Waals surface area contributed by atoms with E-state index in [9.17, 15) is 0 Å². The summed E-state index contributed by atoms with van der Waals surface area (Å²) < 4.78 is 0. The van der Waals surface area contributed by atoms with Crippen molar-refractivity contribution >= 4 is 11.6 Å². The zero-order valence-corrected chi connectivity index (χ0v) is 4.20. The van der Waals surface area contributed by atoms with Crippen molar-refractivity contribution in [3.63, 3.8) is 0 Å².